The third-order valence-electron chi connectivity index (χ3n) is 6.15. The molecule has 0 aliphatic carbocycles. The lowest BCUT2D eigenvalue weighted by atomic mass is 10.00. The first-order chi connectivity index (χ1) is 17.1. The lowest BCUT2D eigenvalue weighted by molar-refractivity contribution is -0.114. The number of hydrogen-bond donors (Lipinski definition) is 1. The molecule has 1 amide bonds. The largest absolute Gasteiger partial charge is 0.367 e. The molecule has 0 atom stereocenters. The van der Waals surface area contributed by atoms with Gasteiger partial charge in [0.05, 0.1) is 10.6 Å². The molecular weight excluding hydrogens is 503 g/mol. The fourth-order valence-electron chi connectivity index (χ4n) is 4.32. The number of benzene rings is 3. The molecule has 1 fully saturated rings. The molecule has 1 saturated heterocycles. The van der Waals surface area contributed by atoms with Crippen molar-refractivity contribution in [1.82, 2.24) is 4.31 Å². The Labute approximate surface area is 216 Å². The smallest absolute Gasteiger partial charge is 0.242 e. The number of amides is 1. The molecule has 3 aromatic carbocycles. The number of nitrogens with zero attached hydrogens (tertiary/aromatic N) is 3. The summed E-state index contributed by atoms with van der Waals surface area (Å²) in [4.78, 5) is 16.2. The predicted octanol–water partition coefficient (Wildman–Crippen LogP) is 4.68. The fourth-order valence-corrected chi connectivity index (χ4v) is 5.41. The van der Waals surface area contributed by atoms with Crippen molar-refractivity contribution in [2.45, 2.75) is 11.8 Å². The summed E-state index contributed by atoms with van der Waals surface area (Å²) in [6, 6.07) is 17.1. The van der Waals surface area contributed by atoms with Gasteiger partial charge in [0.25, 0.3) is 0 Å². The van der Waals surface area contributed by atoms with Crippen LogP contribution in [0.4, 0.5) is 21.5 Å². The summed E-state index contributed by atoms with van der Waals surface area (Å²) in [7, 11) is -0.720. The van der Waals surface area contributed by atoms with E-state index in [0.29, 0.717) is 48.1 Å². The van der Waals surface area contributed by atoms with E-state index in [9.17, 15) is 17.6 Å². The van der Waals surface area contributed by atoms with Crippen LogP contribution in [0.3, 0.4) is 0 Å². The minimum absolute atomic E-state index is 0.134. The van der Waals surface area contributed by atoms with Crippen molar-refractivity contribution in [3.63, 3.8) is 0 Å². The molecule has 1 aliphatic rings. The standard InChI is InChI=1S/C26H28ClFN4O3S/c1-18(33)29-24-10-9-20(36(34,35)30(2)3)17-22(24)21-6-4-5-7-25(21)31-12-14-32(15-13-31)26-11-8-19(27)16-23(26)28/h4-11,16-17H,12-15H2,1-3H3,(H,29,33). The number of halogens is 2. The topological polar surface area (TPSA) is 73.0 Å². The number of piperazine rings is 1. The zero-order chi connectivity index (χ0) is 26.0. The van der Waals surface area contributed by atoms with E-state index in [4.69, 9.17) is 11.6 Å². The van der Waals surface area contributed by atoms with E-state index in [1.165, 1.54) is 33.2 Å². The average molecular weight is 531 g/mol. The Morgan fingerprint density at radius 3 is 2.17 bits per heavy atom. The van der Waals surface area contributed by atoms with Crippen LogP contribution in [-0.2, 0) is 14.8 Å². The van der Waals surface area contributed by atoms with E-state index >= 15 is 0 Å². The van der Waals surface area contributed by atoms with Gasteiger partial charge in [-0.25, -0.2) is 17.1 Å². The molecule has 3 aromatic rings. The van der Waals surface area contributed by atoms with E-state index in [2.05, 4.69) is 10.2 Å². The van der Waals surface area contributed by atoms with E-state index in [1.54, 1.807) is 24.3 Å². The van der Waals surface area contributed by atoms with Gasteiger partial charge < -0.3 is 15.1 Å². The molecule has 1 heterocycles. The summed E-state index contributed by atoms with van der Waals surface area (Å²) in [6.45, 7) is 3.87. The molecule has 0 aromatic heterocycles. The number of carbonyl (C=O) groups excluding carboxylic acids is 1. The van der Waals surface area contributed by atoms with Crippen LogP contribution in [0.1, 0.15) is 6.92 Å². The molecule has 0 saturated carbocycles. The van der Waals surface area contributed by atoms with Crippen LogP contribution in [0.2, 0.25) is 5.02 Å². The number of nitrogens with one attached hydrogen (secondary N) is 1. The minimum atomic E-state index is -3.68. The van der Waals surface area contributed by atoms with E-state index < -0.39 is 10.0 Å². The maximum Gasteiger partial charge on any atom is 0.242 e. The van der Waals surface area contributed by atoms with Crippen LogP contribution in [-0.4, -0.2) is 58.9 Å². The van der Waals surface area contributed by atoms with Gasteiger partial charge in [0.15, 0.2) is 0 Å². The Morgan fingerprint density at radius 1 is 0.917 bits per heavy atom. The van der Waals surface area contributed by atoms with E-state index in [0.717, 1.165) is 15.6 Å². The van der Waals surface area contributed by atoms with Crippen LogP contribution in [0, 0.1) is 5.82 Å². The molecule has 36 heavy (non-hydrogen) atoms. The molecule has 0 unspecified atom stereocenters. The molecule has 1 N–H and O–H groups in total. The van der Waals surface area contributed by atoms with Crippen LogP contribution in [0.5, 0.6) is 0 Å². The van der Waals surface area contributed by atoms with Crippen molar-refractivity contribution in [3.8, 4) is 11.1 Å². The van der Waals surface area contributed by atoms with Gasteiger partial charge in [-0.15, -0.1) is 0 Å². The summed E-state index contributed by atoms with van der Waals surface area (Å²) in [6.07, 6.45) is 0. The Hall–Kier alpha value is -3.14. The van der Waals surface area contributed by atoms with E-state index in [-0.39, 0.29) is 16.6 Å². The Bertz CT molecular complexity index is 1390. The lowest BCUT2D eigenvalue weighted by Crippen LogP contribution is -2.47. The van der Waals surface area contributed by atoms with Gasteiger partial charge in [-0.3, -0.25) is 4.79 Å². The van der Waals surface area contributed by atoms with Crippen LogP contribution in [0.25, 0.3) is 11.1 Å². The molecule has 4 rings (SSSR count). The third kappa shape index (κ3) is 5.33. The van der Waals surface area contributed by atoms with Crippen LogP contribution in [0.15, 0.2) is 65.6 Å². The lowest BCUT2D eigenvalue weighted by Gasteiger charge is -2.38. The number of para-hydroxylation sites is 1. The monoisotopic (exact) mass is 530 g/mol. The highest BCUT2D eigenvalue weighted by Crippen LogP contribution is 2.38. The number of anilines is 3. The number of carbonyl (C=O) groups is 1. The van der Waals surface area contributed by atoms with Gasteiger partial charge in [-0.2, -0.15) is 0 Å². The normalized spacial score (nSPS) is 14.3. The Balaban J connectivity index is 1.69. The summed E-state index contributed by atoms with van der Waals surface area (Å²) in [5, 5.41) is 3.18. The van der Waals surface area contributed by atoms with Gasteiger partial charge >= 0.3 is 0 Å². The summed E-state index contributed by atoms with van der Waals surface area (Å²) in [5.74, 6) is -0.606. The minimum Gasteiger partial charge on any atom is -0.367 e. The van der Waals surface area contributed by atoms with Crippen molar-refractivity contribution < 1.29 is 17.6 Å². The number of sulfonamides is 1. The number of rotatable bonds is 6. The zero-order valence-corrected chi connectivity index (χ0v) is 21.9. The van der Waals surface area contributed by atoms with Gasteiger partial charge in [-0.05, 0) is 42.5 Å². The first kappa shape index (κ1) is 25.9. The van der Waals surface area contributed by atoms with Crippen LogP contribution < -0.4 is 15.1 Å². The molecule has 7 nitrogen and oxygen atoms in total. The molecule has 10 heteroatoms. The van der Waals surface area contributed by atoms with Crippen molar-refractivity contribution in [1.29, 1.82) is 0 Å². The highest BCUT2D eigenvalue weighted by molar-refractivity contribution is 7.89. The molecule has 0 spiro atoms. The Kier molecular flexibility index (Phi) is 7.54. The van der Waals surface area contributed by atoms with Gasteiger partial charge in [0.1, 0.15) is 5.82 Å². The van der Waals surface area contributed by atoms with Crippen LogP contribution >= 0.6 is 11.6 Å². The van der Waals surface area contributed by atoms with Crippen molar-refractivity contribution in [2.75, 3.05) is 55.4 Å². The highest BCUT2D eigenvalue weighted by Gasteiger charge is 2.24. The summed E-state index contributed by atoms with van der Waals surface area (Å²) < 4.78 is 41.3. The van der Waals surface area contributed by atoms with Crippen molar-refractivity contribution in [2.24, 2.45) is 0 Å². The first-order valence-electron chi connectivity index (χ1n) is 11.5. The Morgan fingerprint density at radius 2 is 1.56 bits per heavy atom. The molecule has 1 aliphatic heterocycles. The molecule has 190 valence electrons. The zero-order valence-electron chi connectivity index (χ0n) is 20.3. The summed E-state index contributed by atoms with van der Waals surface area (Å²) in [5.41, 5.74) is 3.34. The van der Waals surface area contributed by atoms with Crippen molar-refractivity contribution >= 4 is 44.6 Å². The maximum absolute atomic E-state index is 14.5. The second-order valence-corrected chi connectivity index (χ2v) is 11.4. The summed E-state index contributed by atoms with van der Waals surface area (Å²) >= 11 is 5.90. The second-order valence-electron chi connectivity index (χ2n) is 8.76. The predicted molar refractivity (Wildman–Crippen MR) is 143 cm³/mol. The third-order valence-corrected chi connectivity index (χ3v) is 8.19. The average Bonchev–Trinajstić information content (AvgIpc) is 2.84. The molecule has 0 radical (unpaired) electrons. The quantitative estimate of drug-likeness (QED) is 0.501. The van der Waals surface area contributed by atoms with Gasteiger partial charge in [0, 0.05) is 74.7 Å². The second kappa shape index (κ2) is 10.5. The van der Waals surface area contributed by atoms with Gasteiger partial charge in [-0.1, -0.05) is 29.8 Å². The molecular formula is C26H28ClFN4O3S. The highest BCUT2D eigenvalue weighted by atomic mass is 35.5. The number of hydrogen-bond acceptors (Lipinski definition) is 5. The molecule has 0 bridgehead atoms. The van der Waals surface area contributed by atoms with E-state index in [1.807, 2.05) is 29.2 Å². The maximum atomic E-state index is 14.5. The van der Waals surface area contributed by atoms with Crippen molar-refractivity contribution in [3.05, 3.63) is 71.5 Å². The fraction of sp³-hybridized carbons (Fsp3) is 0.269. The SMILES string of the molecule is CC(=O)Nc1ccc(S(=O)(=O)N(C)C)cc1-c1ccccc1N1CCN(c2ccc(Cl)cc2F)CC1. The first-order valence-corrected chi connectivity index (χ1v) is 13.3. The van der Waals surface area contributed by atoms with Gasteiger partial charge in [0.2, 0.25) is 15.9 Å².